The van der Waals surface area contributed by atoms with Crippen LogP contribution in [-0.4, -0.2) is 40.7 Å². The summed E-state index contributed by atoms with van der Waals surface area (Å²) in [6.45, 7) is 3.70. The second-order valence-electron chi connectivity index (χ2n) is 9.26. The van der Waals surface area contributed by atoms with E-state index in [1.165, 1.54) is 0 Å². The van der Waals surface area contributed by atoms with Gasteiger partial charge in [-0.05, 0) is 69.1 Å². The van der Waals surface area contributed by atoms with Crippen molar-refractivity contribution >= 4 is 29.4 Å². The van der Waals surface area contributed by atoms with E-state index in [1.807, 2.05) is 31.2 Å². The molecule has 1 unspecified atom stereocenters. The number of carbonyl (C=O) groups excluding carboxylic acids is 4. The van der Waals surface area contributed by atoms with Crippen molar-refractivity contribution in [2.45, 2.75) is 64.0 Å². The first-order valence-corrected chi connectivity index (χ1v) is 11.1. The van der Waals surface area contributed by atoms with Crippen molar-refractivity contribution in [3.63, 3.8) is 0 Å². The van der Waals surface area contributed by atoms with Gasteiger partial charge in [-0.2, -0.15) is 0 Å². The highest BCUT2D eigenvalue weighted by Crippen LogP contribution is 2.36. The second-order valence-corrected chi connectivity index (χ2v) is 9.26. The Morgan fingerprint density at radius 3 is 2.39 bits per heavy atom. The van der Waals surface area contributed by atoms with Crippen LogP contribution in [0.5, 0.6) is 0 Å². The molecule has 1 saturated heterocycles. The third-order valence-corrected chi connectivity index (χ3v) is 6.68. The molecule has 1 aromatic carbocycles. The summed E-state index contributed by atoms with van der Waals surface area (Å²) in [4.78, 5) is 50.7. The highest BCUT2D eigenvalue weighted by Gasteiger charge is 2.52. The van der Waals surface area contributed by atoms with Crippen LogP contribution in [-0.2, 0) is 14.4 Å². The van der Waals surface area contributed by atoms with Gasteiger partial charge in [0, 0.05) is 11.6 Å². The summed E-state index contributed by atoms with van der Waals surface area (Å²) < 4.78 is 0. The molecule has 3 N–H and O–H groups in total. The molecule has 0 aromatic heterocycles. The molecule has 5 amide bonds. The Hall–Kier alpha value is -2.90. The summed E-state index contributed by atoms with van der Waals surface area (Å²) in [5.74, 6) is 0.0561. The number of hydrogen-bond acceptors (Lipinski definition) is 4. The Bertz CT molecular complexity index is 885. The van der Waals surface area contributed by atoms with Crippen molar-refractivity contribution in [1.29, 1.82) is 0 Å². The van der Waals surface area contributed by atoms with E-state index in [-0.39, 0.29) is 36.2 Å². The number of rotatable bonds is 6. The second kappa shape index (κ2) is 8.32. The van der Waals surface area contributed by atoms with Crippen molar-refractivity contribution in [2.24, 2.45) is 11.8 Å². The minimum absolute atomic E-state index is 0.0489. The van der Waals surface area contributed by atoms with Gasteiger partial charge in [0.25, 0.3) is 5.91 Å². The zero-order valence-corrected chi connectivity index (χ0v) is 18.1. The van der Waals surface area contributed by atoms with Crippen LogP contribution in [0.1, 0.15) is 64.0 Å². The molecule has 31 heavy (non-hydrogen) atoms. The Balaban J connectivity index is 1.31. The predicted octanol–water partition coefficient (Wildman–Crippen LogP) is 2.71. The van der Waals surface area contributed by atoms with Crippen LogP contribution < -0.4 is 16.0 Å². The lowest BCUT2D eigenvalue weighted by Crippen LogP contribution is -2.50. The first-order chi connectivity index (χ1) is 14.8. The molecule has 2 aliphatic carbocycles. The maximum Gasteiger partial charge on any atom is 0.325 e. The predicted molar refractivity (Wildman–Crippen MR) is 115 cm³/mol. The maximum atomic E-state index is 12.9. The average molecular weight is 427 g/mol. The third-order valence-electron chi connectivity index (χ3n) is 6.68. The van der Waals surface area contributed by atoms with Crippen LogP contribution in [0.15, 0.2) is 24.3 Å². The maximum absolute atomic E-state index is 12.9. The number of anilines is 1. The van der Waals surface area contributed by atoms with Gasteiger partial charge in [0.1, 0.15) is 12.1 Å². The average Bonchev–Trinajstić information content (AvgIpc) is 3.56. The number of carbonyl (C=O) groups is 4. The smallest absolute Gasteiger partial charge is 0.325 e. The number of nitrogens with one attached hydrogen (secondary N) is 3. The first kappa shape index (κ1) is 21.3. The molecule has 8 nitrogen and oxygen atoms in total. The fraction of sp³-hybridized carbons (Fsp3) is 0.565. The molecule has 166 valence electrons. The van der Waals surface area contributed by atoms with Gasteiger partial charge >= 0.3 is 6.03 Å². The molecule has 8 heteroatoms. The number of amides is 5. The van der Waals surface area contributed by atoms with Crippen LogP contribution in [0.2, 0.25) is 0 Å². The molecule has 1 aliphatic heterocycles. The topological polar surface area (TPSA) is 108 Å². The summed E-state index contributed by atoms with van der Waals surface area (Å²) in [5.41, 5.74) is 0.759. The largest absolute Gasteiger partial charge is 0.348 e. The fourth-order valence-corrected chi connectivity index (χ4v) is 4.37. The van der Waals surface area contributed by atoms with Crippen LogP contribution in [0, 0.1) is 11.8 Å². The summed E-state index contributed by atoms with van der Waals surface area (Å²) in [7, 11) is 0. The van der Waals surface area contributed by atoms with E-state index in [1.54, 1.807) is 0 Å². The molecule has 3 aliphatic rings. The number of urea groups is 1. The normalized spacial score (nSPS) is 26.5. The van der Waals surface area contributed by atoms with E-state index in [9.17, 15) is 19.2 Å². The van der Waals surface area contributed by atoms with Crippen LogP contribution in [0.25, 0.3) is 0 Å². The molecular formula is C23H30N4O4. The van der Waals surface area contributed by atoms with Gasteiger partial charge in [0.05, 0.1) is 6.04 Å². The quantitative estimate of drug-likeness (QED) is 0.608. The summed E-state index contributed by atoms with van der Waals surface area (Å²) in [6, 6.07) is 6.52. The molecule has 1 atom stereocenters. The van der Waals surface area contributed by atoms with Gasteiger partial charge in [-0.1, -0.05) is 19.1 Å². The summed E-state index contributed by atoms with van der Waals surface area (Å²) in [5, 5.41) is 8.57. The number of nitrogens with zero attached hydrogens (tertiary/aromatic N) is 1. The Kier molecular flexibility index (Phi) is 5.73. The van der Waals surface area contributed by atoms with Crippen molar-refractivity contribution < 1.29 is 19.2 Å². The lowest BCUT2D eigenvalue weighted by molar-refractivity contribution is -0.136. The molecule has 4 rings (SSSR count). The minimum atomic E-state index is -0.837. The molecule has 0 radical (unpaired) electrons. The zero-order valence-electron chi connectivity index (χ0n) is 18.1. The van der Waals surface area contributed by atoms with E-state index >= 15 is 0 Å². The van der Waals surface area contributed by atoms with E-state index in [0.29, 0.717) is 18.8 Å². The van der Waals surface area contributed by atoms with Gasteiger partial charge in [0.15, 0.2) is 0 Å². The van der Waals surface area contributed by atoms with Crippen molar-refractivity contribution in [3.8, 4) is 0 Å². The van der Waals surface area contributed by atoms with E-state index in [0.717, 1.165) is 41.8 Å². The zero-order chi connectivity index (χ0) is 22.2. The van der Waals surface area contributed by atoms with E-state index in [2.05, 4.69) is 22.9 Å². The summed E-state index contributed by atoms with van der Waals surface area (Å²) in [6.07, 6.45) is 4.92. The monoisotopic (exact) mass is 426 g/mol. The number of imide groups is 1. The minimum Gasteiger partial charge on any atom is -0.348 e. The van der Waals surface area contributed by atoms with Gasteiger partial charge in [-0.3, -0.25) is 19.3 Å². The molecule has 1 spiro atoms. The molecule has 1 heterocycles. The van der Waals surface area contributed by atoms with Gasteiger partial charge in [0.2, 0.25) is 11.8 Å². The third kappa shape index (κ3) is 4.57. The highest BCUT2D eigenvalue weighted by molar-refractivity contribution is 6.09. The molecule has 2 saturated carbocycles. The Morgan fingerprint density at radius 2 is 1.77 bits per heavy atom. The van der Waals surface area contributed by atoms with Gasteiger partial charge in [-0.15, -0.1) is 0 Å². The Morgan fingerprint density at radius 1 is 1.13 bits per heavy atom. The highest BCUT2D eigenvalue weighted by atomic mass is 16.2. The van der Waals surface area contributed by atoms with E-state index in [4.69, 9.17) is 0 Å². The molecule has 1 aromatic rings. The lowest BCUT2D eigenvalue weighted by atomic mass is 9.77. The van der Waals surface area contributed by atoms with Gasteiger partial charge in [-0.25, -0.2) is 4.79 Å². The molecule has 0 bridgehead atoms. The Labute approximate surface area is 182 Å². The van der Waals surface area contributed by atoms with Crippen LogP contribution in [0.3, 0.4) is 0 Å². The van der Waals surface area contributed by atoms with Crippen molar-refractivity contribution in [2.75, 3.05) is 11.9 Å². The standard InChI is InChI=1S/C23H30N4O4/c1-14-9-11-23(12-10-14)21(30)27(22(31)26-23)13-19(28)24-15(2)16-5-7-18(8-6-16)25-20(29)17-3-4-17/h5-8,14-15,17H,3-4,9-13H2,1-2H3,(H,24,28)(H,25,29)(H,26,31). The number of benzene rings is 1. The number of hydrogen-bond donors (Lipinski definition) is 3. The van der Waals surface area contributed by atoms with Gasteiger partial charge < -0.3 is 16.0 Å². The molecule has 3 fully saturated rings. The SMILES string of the molecule is CC1CCC2(CC1)NC(=O)N(CC(=O)NC(C)c1ccc(NC(=O)C3CC3)cc1)C2=O. The van der Waals surface area contributed by atoms with Crippen LogP contribution in [0.4, 0.5) is 10.5 Å². The van der Waals surface area contributed by atoms with Crippen LogP contribution >= 0.6 is 0 Å². The van der Waals surface area contributed by atoms with Crippen molar-refractivity contribution in [1.82, 2.24) is 15.5 Å². The fourth-order valence-electron chi connectivity index (χ4n) is 4.37. The molecular weight excluding hydrogens is 396 g/mol. The first-order valence-electron chi connectivity index (χ1n) is 11.1. The lowest BCUT2D eigenvalue weighted by Gasteiger charge is -2.33. The summed E-state index contributed by atoms with van der Waals surface area (Å²) >= 11 is 0. The van der Waals surface area contributed by atoms with E-state index < -0.39 is 11.6 Å². The van der Waals surface area contributed by atoms with Crippen molar-refractivity contribution in [3.05, 3.63) is 29.8 Å².